The molecule has 194 valence electrons. The van der Waals surface area contributed by atoms with Crippen molar-refractivity contribution in [1.29, 1.82) is 0 Å². The van der Waals surface area contributed by atoms with Crippen molar-refractivity contribution in [3.05, 3.63) is 120 Å². The number of allylic oxidation sites excluding steroid dienone is 3. The molecule has 0 aliphatic carbocycles. The molecule has 1 aliphatic heterocycles. The summed E-state index contributed by atoms with van der Waals surface area (Å²) in [5.74, 6) is 1.39. The number of nitrogens with one attached hydrogen (secondary N) is 1. The summed E-state index contributed by atoms with van der Waals surface area (Å²) in [6.45, 7) is 14.2. The summed E-state index contributed by atoms with van der Waals surface area (Å²) in [5.41, 5.74) is 5.71. The Bertz CT molecular complexity index is 1350. The third-order valence-electron chi connectivity index (χ3n) is 6.58. The predicted octanol–water partition coefficient (Wildman–Crippen LogP) is 5.42. The van der Waals surface area contributed by atoms with E-state index in [2.05, 4.69) is 38.3 Å². The summed E-state index contributed by atoms with van der Waals surface area (Å²) in [5, 5.41) is 3.36. The van der Waals surface area contributed by atoms with Crippen LogP contribution in [0.4, 0.5) is 11.6 Å². The highest BCUT2D eigenvalue weighted by Gasteiger charge is 2.24. The Balaban J connectivity index is 1.39. The van der Waals surface area contributed by atoms with E-state index in [4.69, 9.17) is 0 Å². The Hall–Kier alpha value is -4.52. The van der Waals surface area contributed by atoms with Crippen molar-refractivity contribution < 1.29 is 4.79 Å². The summed E-state index contributed by atoms with van der Waals surface area (Å²) in [6.07, 6.45) is 9.91. The highest BCUT2D eigenvalue weighted by Crippen LogP contribution is 2.19. The number of piperazine rings is 1. The van der Waals surface area contributed by atoms with E-state index >= 15 is 0 Å². The van der Waals surface area contributed by atoms with Crippen LogP contribution in [0.1, 0.15) is 34.0 Å². The fourth-order valence-electron chi connectivity index (χ4n) is 4.39. The molecule has 0 spiro atoms. The number of rotatable bonds is 8. The minimum Gasteiger partial charge on any atom is -0.340 e. The zero-order valence-electron chi connectivity index (χ0n) is 22.1. The maximum Gasteiger partial charge on any atom is 0.254 e. The number of benzene rings is 2. The van der Waals surface area contributed by atoms with Gasteiger partial charge in [-0.05, 0) is 48.7 Å². The molecule has 0 unspecified atom stereocenters. The normalized spacial score (nSPS) is 14.3. The lowest BCUT2D eigenvalue weighted by Gasteiger charge is -2.34. The number of carbonyl (C=O) groups excluding carboxylic acids is 1. The van der Waals surface area contributed by atoms with Crippen molar-refractivity contribution in [1.82, 2.24) is 14.9 Å². The lowest BCUT2D eigenvalue weighted by atomic mass is 10.1. The first-order valence-corrected chi connectivity index (χ1v) is 12.8. The SMILES string of the molecule is C=CN=C(Nc1cccc(C(=O)N2CCN(c3ncc(CC(C=C)=CC)cn3)CC2)c1)c1ccccc1C. The van der Waals surface area contributed by atoms with E-state index in [1.165, 1.54) is 6.20 Å². The first-order chi connectivity index (χ1) is 18.5. The van der Waals surface area contributed by atoms with Crippen LogP contribution in [-0.2, 0) is 6.42 Å². The van der Waals surface area contributed by atoms with Gasteiger partial charge in [-0.25, -0.2) is 15.0 Å². The summed E-state index contributed by atoms with van der Waals surface area (Å²) in [4.78, 5) is 30.9. The van der Waals surface area contributed by atoms with E-state index in [1.54, 1.807) is 0 Å². The minimum absolute atomic E-state index is 0.00553. The number of nitrogens with zero attached hydrogens (tertiary/aromatic N) is 5. The molecule has 2 heterocycles. The average Bonchev–Trinajstić information content (AvgIpc) is 2.96. The van der Waals surface area contributed by atoms with E-state index in [0.29, 0.717) is 43.5 Å². The predicted molar refractivity (Wildman–Crippen MR) is 156 cm³/mol. The largest absolute Gasteiger partial charge is 0.340 e. The highest BCUT2D eigenvalue weighted by molar-refractivity contribution is 6.10. The van der Waals surface area contributed by atoms with Crippen LogP contribution in [0, 0.1) is 6.92 Å². The maximum absolute atomic E-state index is 13.3. The van der Waals surface area contributed by atoms with Gasteiger partial charge in [0.15, 0.2) is 0 Å². The molecule has 38 heavy (non-hydrogen) atoms. The van der Waals surface area contributed by atoms with Crippen molar-refractivity contribution in [2.45, 2.75) is 20.3 Å². The van der Waals surface area contributed by atoms with Gasteiger partial charge in [0, 0.05) is 68.0 Å². The molecule has 1 aromatic heterocycles. The first kappa shape index (κ1) is 26.5. The van der Waals surface area contributed by atoms with Gasteiger partial charge >= 0.3 is 0 Å². The van der Waals surface area contributed by atoms with Gasteiger partial charge in [0.1, 0.15) is 5.84 Å². The molecule has 3 aromatic rings. The average molecular weight is 507 g/mol. The minimum atomic E-state index is 0.00553. The number of carbonyl (C=O) groups is 1. The van der Waals surface area contributed by atoms with Gasteiger partial charge in [0.25, 0.3) is 5.91 Å². The molecule has 1 saturated heterocycles. The Morgan fingerprint density at radius 3 is 2.45 bits per heavy atom. The van der Waals surface area contributed by atoms with E-state index in [9.17, 15) is 4.79 Å². The van der Waals surface area contributed by atoms with Gasteiger partial charge in [0.2, 0.25) is 5.95 Å². The van der Waals surface area contributed by atoms with E-state index in [1.807, 2.05) is 91.8 Å². The second kappa shape index (κ2) is 12.6. The maximum atomic E-state index is 13.3. The lowest BCUT2D eigenvalue weighted by Crippen LogP contribution is -2.49. The van der Waals surface area contributed by atoms with Crippen molar-refractivity contribution in [3.8, 4) is 0 Å². The van der Waals surface area contributed by atoms with Crippen LogP contribution in [0.25, 0.3) is 0 Å². The van der Waals surface area contributed by atoms with Crippen LogP contribution >= 0.6 is 0 Å². The van der Waals surface area contributed by atoms with E-state index < -0.39 is 0 Å². The molecule has 0 radical (unpaired) electrons. The first-order valence-electron chi connectivity index (χ1n) is 12.8. The third-order valence-corrected chi connectivity index (χ3v) is 6.58. The number of hydrogen-bond donors (Lipinski definition) is 1. The van der Waals surface area contributed by atoms with Crippen LogP contribution in [-0.4, -0.2) is 52.8 Å². The highest BCUT2D eigenvalue weighted by atomic mass is 16.2. The number of amides is 1. The molecule has 7 nitrogen and oxygen atoms in total. The molecule has 0 bridgehead atoms. The third kappa shape index (κ3) is 6.42. The van der Waals surface area contributed by atoms with Gasteiger partial charge < -0.3 is 15.1 Å². The molecular formula is C31H34N6O. The quantitative estimate of drug-likeness (QED) is 0.251. The Kier molecular flexibility index (Phi) is 8.82. The zero-order valence-corrected chi connectivity index (χ0v) is 22.1. The zero-order chi connectivity index (χ0) is 26.9. The fraction of sp³-hybridized carbons (Fsp3) is 0.226. The lowest BCUT2D eigenvalue weighted by molar-refractivity contribution is 0.0746. The Labute approximate surface area is 225 Å². The van der Waals surface area contributed by atoms with E-state index in [-0.39, 0.29) is 5.91 Å². The molecule has 1 aliphatic rings. The Morgan fingerprint density at radius 1 is 1.05 bits per heavy atom. The van der Waals surface area contributed by atoms with Gasteiger partial charge in [-0.3, -0.25) is 4.79 Å². The second-order valence-electron chi connectivity index (χ2n) is 9.10. The Morgan fingerprint density at radius 2 is 1.79 bits per heavy atom. The molecular weight excluding hydrogens is 472 g/mol. The number of hydrogen-bond acceptors (Lipinski definition) is 5. The molecule has 7 heteroatoms. The van der Waals surface area contributed by atoms with Gasteiger partial charge in [0.05, 0.1) is 0 Å². The van der Waals surface area contributed by atoms with Crippen LogP contribution in [0.3, 0.4) is 0 Å². The molecule has 1 fully saturated rings. The van der Waals surface area contributed by atoms with Crippen LogP contribution in [0.2, 0.25) is 0 Å². The molecule has 0 saturated carbocycles. The monoisotopic (exact) mass is 506 g/mol. The standard InChI is InChI=1S/C31H34N6O/c1-5-24(6-2)19-25-21-33-31(34-22-25)37-17-15-36(16-18-37)30(38)26-12-10-13-27(20-26)35-29(32-7-3)28-14-9-8-11-23(28)4/h5-14,20-22H,1,3,15-19H2,2,4H3,(H,32,35). The van der Waals surface area contributed by atoms with Crippen molar-refractivity contribution >= 4 is 23.4 Å². The molecule has 1 amide bonds. The number of amidine groups is 1. The summed E-state index contributed by atoms with van der Waals surface area (Å²) in [7, 11) is 0. The summed E-state index contributed by atoms with van der Waals surface area (Å²) < 4.78 is 0. The van der Waals surface area contributed by atoms with Crippen LogP contribution in [0.15, 0.2) is 103 Å². The second-order valence-corrected chi connectivity index (χ2v) is 9.10. The number of aryl methyl sites for hydroxylation is 1. The summed E-state index contributed by atoms with van der Waals surface area (Å²) >= 11 is 0. The molecule has 0 atom stereocenters. The van der Waals surface area contributed by atoms with Crippen LogP contribution < -0.4 is 10.2 Å². The number of aromatic nitrogens is 2. The van der Waals surface area contributed by atoms with Gasteiger partial charge in [-0.1, -0.05) is 55.6 Å². The molecule has 4 rings (SSSR count). The number of anilines is 2. The van der Waals surface area contributed by atoms with Crippen molar-refractivity contribution in [2.24, 2.45) is 4.99 Å². The van der Waals surface area contributed by atoms with Gasteiger partial charge in [-0.15, -0.1) is 0 Å². The van der Waals surface area contributed by atoms with Crippen molar-refractivity contribution in [3.63, 3.8) is 0 Å². The number of aliphatic imine (C=N–C) groups is 1. The van der Waals surface area contributed by atoms with Crippen LogP contribution in [0.5, 0.6) is 0 Å². The topological polar surface area (TPSA) is 73.7 Å². The summed E-state index contributed by atoms with van der Waals surface area (Å²) in [6, 6.07) is 15.6. The molecule has 2 aromatic carbocycles. The molecule has 1 N–H and O–H groups in total. The smallest absolute Gasteiger partial charge is 0.254 e. The van der Waals surface area contributed by atoms with E-state index in [0.717, 1.165) is 34.4 Å². The van der Waals surface area contributed by atoms with Gasteiger partial charge in [-0.2, -0.15) is 0 Å². The fourth-order valence-corrected chi connectivity index (χ4v) is 4.39. The van der Waals surface area contributed by atoms with Crippen molar-refractivity contribution in [2.75, 3.05) is 36.4 Å².